The molecule has 0 aliphatic heterocycles. The van der Waals surface area contributed by atoms with Gasteiger partial charge in [0.15, 0.2) is 5.82 Å². The third kappa shape index (κ3) is 4.54. The summed E-state index contributed by atoms with van der Waals surface area (Å²) in [6.45, 7) is 8.27. The van der Waals surface area contributed by atoms with E-state index in [1.807, 2.05) is 27.1 Å². The van der Waals surface area contributed by atoms with Gasteiger partial charge in [0.25, 0.3) is 0 Å². The minimum absolute atomic E-state index is 0.665. The predicted molar refractivity (Wildman–Crippen MR) is 72.8 cm³/mol. The number of aryl methyl sites for hydroxylation is 1. The number of nitrogens with zero attached hydrogens (tertiary/aromatic N) is 3. The first-order chi connectivity index (χ1) is 8.69. The van der Waals surface area contributed by atoms with E-state index in [1.54, 1.807) is 4.68 Å². The minimum atomic E-state index is 0.665. The number of ether oxygens (including phenoxy) is 2. The molecule has 0 aliphatic carbocycles. The van der Waals surface area contributed by atoms with Crippen LogP contribution in [0.25, 0.3) is 0 Å². The molecule has 1 aromatic rings. The number of aromatic nitrogens is 2. The van der Waals surface area contributed by atoms with Crippen molar-refractivity contribution in [1.29, 1.82) is 0 Å². The van der Waals surface area contributed by atoms with E-state index in [1.165, 1.54) is 0 Å². The van der Waals surface area contributed by atoms with Gasteiger partial charge in [0.1, 0.15) is 0 Å². The molecule has 6 heteroatoms. The van der Waals surface area contributed by atoms with E-state index in [0.717, 1.165) is 32.1 Å². The van der Waals surface area contributed by atoms with Crippen molar-refractivity contribution in [3.63, 3.8) is 0 Å². The Balaban J connectivity index is 2.60. The highest BCUT2D eigenvalue weighted by Crippen LogP contribution is 2.19. The highest BCUT2D eigenvalue weighted by molar-refractivity contribution is 5.61. The maximum atomic E-state index is 5.94. The molecule has 0 spiro atoms. The van der Waals surface area contributed by atoms with Crippen LogP contribution in [0.2, 0.25) is 0 Å². The number of hydrogen-bond acceptors (Lipinski definition) is 5. The largest absolute Gasteiger partial charge is 0.394 e. The number of anilines is 2. The van der Waals surface area contributed by atoms with Crippen LogP contribution in [-0.2, 0) is 16.5 Å². The molecule has 0 radical (unpaired) electrons. The molecule has 104 valence electrons. The van der Waals surface area contributed by atoms with Gasteiger partial charge in [0, 0.05) is 39.5 Å². The highest BCUT2D eigenvalue weighted by atomic mass is 16.5. The van der Waals surface area contributed by atoms with Crippen molar-refractivity contribution >= 4 is 11.5 Å². The zero-order valence-corrected chi connectivity index (χ0v) is 11.6. The van der Waals surface area contributed by atoms with Gasteiger partial charge < -0.3 is 20.1 Å². The minimum Gasteiger partial charge on any atom is -0.394 e. The quantitative estimate of drug-likeness (QED) is 0.664. The van der Waals surface area contributed by atoms with E-state index in [9.17, 15) is 0 Å². The number of rotatable bonds is 9. The van der Waals surface area contributed by atoms with Crippen LogP contribution in [0.15, 0.2) is 6.20 Å². The van der Waals surface area contributed by atoms with Gasteiger partial charge in [-0.2, -0.15) is 5.10 Å². The first-order valence-corrected chi connectivity index (χ1v) is 6.38. The van der Waals surface area contributed by atoms with E-state index < -0.39 is 0 Å². The average molecular weight is 256 g/mol. The monoisotopic (exact) mass is 256 g/mol. The molecule has 1 aromatic heterocycles. The van der Waals surface area contributed by atoms with Crippen molar-refractivity contribution < 1.29 is 9.47 Å². The van der Waals surface area contributed by atoms with Gasteiger partial charge in [-0.25, -0.2) is 0 Å². The van der Waals surface area contributed by atoms with Crippen LogP contribution in [0.3, 0.4) is 0 Å². The van der Waals surface area contributed by atoms with Gasteiger partial charge in [-0.1, -0.05) is 0 Å². The van der Waals surface area contributed by atoms with Gasteiger partial charge in [0.2, 0.25) is 0 Å². The molecule has 0 aliphatic rings. The lowest BCUT2D eigenvalue weighted by molar-refractivity contribution is 0.141. The van der Waals surface area contributed by atoms with E-state index in [0.29, 0.717) is 18.9 Å². The van der Waals surface area contributed by atoms with E-state index >= 15 is 0 Å². The second-order valence-corrected chi connectivity index (χ2v) is 3.96. The molecule has 18 heavy (non-hydrogen) atoms. The molecule has 0 aromatic carbocycles. The fourth-order valence-corrected chi connectivity index (χ4v) is 1.70. The van der Waals surface area contributed by atoms with Crippen LogP contribution >= 0.6 is 0 Å². The molecule has 6 nitrogen and oxygen atoms in total. The second kappa shape index (κ2) is 7.94. The first-order valence-electron chi connectivity index (χ1n) is 6.38. The Hall–Kier alpha value is -1.27. The number of nitrogens with two attached hydrogens (primary N) is 1. The van der Waals surface area contributed by atoms with Crippen LogP contribution in [0.5, 0.6) is 0 Å². The Labute approximate surface area is 109 Å². The van der Waals surface area contributed by atoms with Gasteiger partial charge >= 0.3 is 0 Å². The molecule has 0 fully saturated rings. The van der Waals surface area contributed by atoms with Crippen molar-refractivity contribution in [3.8, 4) is 0 Å². The third-order valence-corrected chi connectivity index (χ3v) is 2.56. The van der Waals surface area contributed by atoms with Crippen molar-refractivity contribution in [2.24, 2.45) is 7.05 Å². The molecule has 0 amide bonds. The van der Waals surface area contributed by atoms with E-state index in [-0.39, 0.29) is 0 Å². The molecule has 0 unspecified atom stereocenters. The summed E-state index contributed by atoms with van der Waals surface area (Å²) in [6, 6.07) is 0. The Morgan fingerprint density at radius 2 is 1.78 bits per heavy atom. The molecule has 2 N–H and O–H groups in total. The van der Waals surface area contributed by atoms with Gasteiger partial charge in [0.05, 0.1) is 18.9 Å². The summed E-state index contributed by atoms with van der Waals surface area (Å²) in [6.07, 6.45) is 1.81. The van der Waals surface area contributed by atoms with Crippen LogP contribution in [0.4, 0.5) is 11.5 Å². The predicted octanol–water partition coefficient (Wildman–Crippen LogP) is 0.882. The molecular weight excluding hydrogens is 232 g/mol. The van der Waals surface area contributed by atoms with Gasteiger partial charge in [-0.3, -0.25) is 4.68 Å². The summed E-state index contributed by atoms with van der Waals surface area (Å²) >= 11 is 0. The van der Waals surface area contributed by atoms with Crippen molar-refractivity contribution in [2.45, 2.75) is 13.8 Å². The summed E-state index contributed by atoms with van der Waals surface area (Å²) in [5.74, 6) is 0.803. The topological polar surface area (TPSA) is 65.5 Å². The summed E-state index contributed by atoms with van der Waals surface area (Å²) in [7, 11) is 1.86. The normalized spacial score (nSPS) is 10.8. The summed E-state index contributed by atoms with van der Waals surface area (Å²) in [4.78, 5) is 2.10. The Bertz CT molecular complexity index is 331. The molecule has 1 heterocycles. The standard InChI is InChI=1S/C12H24N4O2/c1-4-17-8-6-16(7-9-18-5-2)12-11(13)10-15(3)14-12/h10H,4-9,13H2,1-3H3. The number of nitrogen functional groups attached to an aromatic ring is 1. The van der Waals surface area contributed by atoms with E-state index in [2.05, 4.69) is 10.00 Å². The summed E-state index contributed by atoms with van der Waals surface area (Å²) < 4.78 is 12.5. The molecule has 0 atom stereocenters. The zero-order valence-electron chi connectivity index (χ0n) is 11.6. The number of hydrogen-bond donors (Lipinski definition) is 1. The second-order valence-electron chi connectivity index (χ2n) is 3.96. The summed E-state index contributed by atoms with van der Waals surface area (Å²) in [5, 5.41) is 4.37. The molecule has 0 saturated heterocycles. The SMILES string of the molecule is CCOCCN(CCOCC)c1nn(C)cc1N. The third-order valence-electron chi connectivity index (χ3n) is 2.56. The lowest BCUT2D eigenvalue weighted by Gasteiger charge is -2.22. The van der Waals surface area contributed by atoms with Crippen LogP contribution < -0.4 is 10.6 Å². The molecular formula is C12H24N4O2. The lowest BCUT2D eigenvalue weighted by atomic mass is 10.4. The first kappa shape index (κ1) is 14.8. The molecule has 1 rings (SSSR count). The Morgan fingerprint density at radius 3 is 2.17 bits per heavy atom. The highest BCUT2D eigenvalue weighted by Gasteiger charge is 2.13. The Morgan fingerprint density at radius 1 is 1.22 bits per heavy atom. The summed E-state index contributed by atoms with van der Waals surface area (Å²) in [5.41, 5.74) is 6.63. The maximum Gasteiger partial charge on any atom is 0.174 e. The van der Waals surface area contributed by atoms with Crippen LogP contribution in [0.1, 0.15) is 13.8 Å². The average Bonchev–Trinajstić information content (AvgIpc) is 2.67. The van der Waals surface area contributed by atoms with Crippen LogP contribution in [0, 0.1) is 0 Å². The van der Waals surface area contributed by atoms with Crippen molar-refractivity contribution in [2.75, 3.05) is 50.2 Å². The zero-order chi connectivity index (χ0) is 13.4. The lowest BCUT2D eigenvalue weighted by Crippen LogP contribution is -2.32. The molecule has 0 saturated carbocycles. The van der Waals surface area contributed by atoms with Crippen LogP contribution in [-0.4, -0.2) is 49.3 Å². The fourth-order valence-electron chi connectivity index (χ4n) is 1.70. The maximum absolute atomic E-state index is 5.94. The van der Waals surface area contributed by atoms with E-state index in [4.69, 9.17) is 15.2 Å². The fraction of sp³-hybridized carbons (Fsp3) is 0.750. The van der Waals surface area contributed by atoms with Crippen molar-refractivity contribution in [3.05, 3.63) is 6.20 Å². The Kier molecular flexibility index (Phi) is 6.53. The van der Waals surface area contributed by atoms with Crippen molar-refractivity contribution in [1.82, 2.24) is 9.78 Å². The van der Waals surface area contributed by atoms with Gasteiger partial charge in [-0.05, 0) is 13.8 Å². The molecule has 0 bridgehead atoms. The smallest absolute Gasteiger partial charge is 0.174 e. The van der Waals surface area contributed by atoms with Gasteiger partial charge in [-0.15, -0.1) is 0 Å².